The van der Waals surface area contributed by atoms with Gasteiger partial charge in [0.15, 0.2) is 0 Å². The summed E-state index contributed by atoms with van der Waals surface area (Å²) in [5.74, 6) is 0. The first kappa shape index (κ1) is 13.3. The average Bonchev–Trinajstić information content (AvgIpc) is 2.87. The van der Waals surface area contributed by atoms with E-state index >= 15 is 0 Å². The zero-order valence-corrected chi connectivity index (χ0v) is 11.4. The van der Waals surface area contributed by atoms with Crippen molar-refractivity contribution in [1.29, 1.82) is 5.26 Å². The maximum Gasteiger partial charge on any atom is 0.102 e. The highest BCUT2D eigenvalue weighted by Crippen LogP contribution is 2.35. The smallest absolute Gasteiger partial charge is 0.102 e. The van der Waals surface area contributed by atoms with Crippen molar-refractivity contribution >= 4 is 17.4 Å². The van der Waals surface area contributed by atoms with Gasteiger partial charge >= 0.3 is 0 Å². The molecule has 0 saturated heterocycles. The van der Waals surface area contributed by atoms with E-state index in [0.29, 0.717) is 5.56 Å². The summed E-state index contributed by atoms with van der Waals surface area (Å²) in [6.45, 7) is 0.126. The third kappa shape index (κ3) is 2.47. The van der Waals surface area contributed by atoms with Crippen molar-refractivity contribution < 1.29 is 5.11 Å². The maximum atomic E-state index is 9.62. The first-order valence-corrected chi connectivity index (χ1v) is 7.43. The number of nitrogens with one attached hydrogen (secondary N) is 1. The van der Waals surface area contributed by atoms with Crippen LogP contribution in [0.15, 0.2) is 23.1 Å². The summed E-state index contributed by atoms with van der Waals surface area (Å²) in [6.07, 6.45) is 6.18. The Kier molecular flexibility index (Phi) is 4.15. The number of rotatable bonds is 4. The van der Waals surface area contributed by atoms with Crippen LogP contribution < -0.4 is 5.32 Å². The molecular weight excluding hydrogens is 244 g/mol. The summed E-state index contributed by atoms with van der Waals surface area (Å²) < 4.78 is 0. The number of aliphatic hydroxyl groups excluding tert-OH is 1. The van der Waals surface area contributed by atoms with E-state index in [-0.39, 0.29) is 12.1 Å². The van der Waals surface area contributed by atoms with E-state index in [1.165, 1.54) is 0 Å². The highest BCUT2D eigenvalue weighted by molar-refractivity contribution is 7.98. The van der Waals surface area contributed by atoms with Crippen LogP contribution in [0.3, 0.4) is 0 Å². The van der Waals surface area contributed by atoms with Crippen molar-refractivity contribution in [1.82, 2.24) is 0 Å². The summed E-state index contributed by atoms with van der Waals surface area (Å²) >= 11 is 1.57. The summed E-state index contributed by atoms with van der Waals surface area (Å²) in [7, 11) is 0. The van der Waals surface area contributed by atoms with Gasteiger partial charge in [-0.15, -0.1) is 11.8 Å². The zero-order chi connectivity index (χ0) is 13.0. The van der Waals surface area contributed by atoms with Crippen LogP contribution in [0.1, 0.15) is 31.2 Å². The molecule has 2 rings (SSSR count). The summed E-state index contributed by atoms with van der Waals surface area (Å²) in [5, 5.41) is 22.3. The monoisotopic (exact) mass is 262 g/mol. The Hall–Kier alpha value is -1.18. The quantitative estimate of drug-likeness (QED) is 0.819. The Bertz CT molecular complexity index is 461. The second kappa shape index (κ2) is 5.64. The van der Waals surface area contributed by atoms with Crippen LogP contribution >= 0.6 is 11.8 Å². The van der Waals surface area contributed by atoms with Crippen molar-refractivity contribution in [2.45, 2.75) is 36.1 Å². The number of aliphatic hydroxyl groups is 1. The Balaban J connectivity index is 2.31. The zero-order valence-electron chi connectivity index (χ0n) is 10.6. The van der Waals surface area contributed by atoms with E-state index in [1.807, 2.05) is 24.5 Å². The molecule has 1 saturated carbocycles. The van der Waals surface area contributed by atoms with E-state index in [2.05, 4.69) is 11.4 Å². The number of thioether (sulfide) groups is 1. The molecule has 1 aliphatic rings. The summed E-state index contributed by atoms with van der Waals surface area (Å²) in [5.41, 5.74) is 1.30. The SMILES string of the molecule is CSc1cccc(NC2(CO)CCCC2)c1C#N. The molecule has 96 valence electrons. The van der Waals surface area contributed by atoms with Crippen LogP contribution in [0.4, 0.5) is 5.69 Å². The summed E-state index contributed by atoms with van der Waals surface area (Å²) in [6, 6.07) is 8.10. The van der Waals surface area contributed by atoms with Gasteiger partial charge in [-0.3, -0.25) is 0 Å². The maximum absolute atomic E-state index is 9.62. The normalized spacial score (nSPS) is 17.4. The number of benzene rings is 1. The van der Waals surface area contributed by atoms with Crippen LogP contribution in [-0.4, -0.2) is 23.5 Å². The molecule has 2 N–H and O–H groups in total. The van der Waals surface area contributed by atoms with Crippen molar-refractivity contribution in [3.8, 4) is 6.07 Å². The average molecular weight is 262 g/mol. The molecular formula is C14H18N2OS. The van der Waals surface area contributed by atoms with Crippen LogP contribution in [0.2, 0.25) is 0 Å². The highest BCUT2D eigenvalue weighted by Gasteiger charge is 2.33. The number of anilines is 1. The van der Waals surface area contributed by atoms with Gasteiger partial charge in [0.05, 0.1) is 23.4 Å². The molecule has 0 heterocycles. The molecule has 0 aliphatic heterocycles. The van der Waals surface area contributed by atoms with Gasteiger partial charge in [-0.05, 0) is 31.2 Å². The number of hydrogen-bond acceptors (Lipinski definition) is 4. The molecule has 1 aliphatic carbocycles. The first-order chi connectivity index (χ1) is 8.74. The molecule has 0 bridgehead atoms. The lowest BCUT2D eigenvalue weighted by molar-refractivity contribution is 0.214. The molecule has 1 fully saturated rings. The number of hydrogen-bond donors (Lipinski definition) is 2. The van der Waals surface area contributed by atoms with Gasteiger partial charge in [0.2, 0.25) is 0 Å². The largest absolute Gasteiger partial charge is 0.394 e. The molecule has 0 atom stereocenters. The molecule has 0 unspecified atom stereocenters. The van der Waals surface area contributed by atoms with Crippen molar-refractivity contribution in [3.05, 3.63) is 23.8 Å². The van der Waals surface area contributed by atoms with Crippen molar-refractivity contribution in [2.24, 2.45) is 0 Å². The molecule has 0 radical (unpaired) electrons. The first-order valence-electron chi connectivity index (χ1n) is 6.21. The van der Waals surface area contributed by atoms with Gasteiger partial charge in [0, 0.05) is 4.90 Å². The molecule has 0 aromatic heterocycles. The fraction of sp³-hybridized carbons (Fsp3) is 0.500. The van der Waals surface area contributed by atoms with Gasteiger partial charge in [0.25, 0.3) is 0 Å². The number of nitrogens with zero attached hydrogens (tertiary/aromatic N) is 1. The molecule has 1 aromatic rings. The van der Waals surface area contributed by atoms with Gasteiger partial charge < -0.3 is 10.4 Å². The van der Waals surface area contributed by atoms with Crippen molar-refractivity contribution in [2.75, 3.05) is 18.2 Å². The van der Waals surface area contributed by atoms with Crippen LogP contribution in [0.25, 0.3) is 0 Å². The van der Waals surface area contributed by atoms with Gasteiger partial charge in [0.1, 0.15) is 6.07 Å². The Morgan fingerprint density at radius 3 is 2.72 bits per heavy atom. The lowest BCUT2D eigenvalue weighted by atomic mass is 9.97. The fourth-order valence-corrected chi connectivity index (χ4v) is 3.16. The third-order valence-corrected chi connectivity index (χ3v) is 4.40. The topological polar surface area (TPSA) is 56.0 Å². The standard InChI is InChI=1S/C14H18N2OS/c1-18-13-6-4-5-12(11(13)9-15)16-14(10-17)7-2-3-8-14/h4-6,16-17H,2-3,7-8,10H2,1H3. The Morgan fingerprint density at radius 2 is 2.17 bits per heavy atom. The Morgan fingerprint density at radius 1 is 1.44 bits per heavy atom. The highest BCUT2D eigenvalue weighted by atomic mass is 32.2. The van der Waals surface area contributed by atoms with Crippen LogP contribution in [-0.2, 0) is 0 Å². The lowest BCUT2D eigenvalue weighted by Gasteiger charge is -2.30. The summed E-state index contributed by atoms with van der Waals surface area (Å²) in [4.78, 5) is 0.980. The minimum Gasteiger partial charge on any atom is -0.394 e. The van der Waals surface area contributed by atoms with E-state index < -0.39 is 0 Å². The Labute approximate surface area is 112 Å². The van der Waals surface area contributed by atoms with Crippen molar-refractivity contribution in [3.63, 3.8) is 0 Å². The fourth-order valence-electron chi connectivity index (χ4n) is 2.58. The predicted octanol–water partition coefficient (Wildman–Crippen LogP) is 3.00. The lowest BCUT2D eigenvalue weighted by Crippen LogP contribution is -2.39. The second-order valence-electron chi connectivity index (χ2n) is 4.77. The third-order valence-electron chi connectivity index (χ3n) is 3.62. The van der Waals surface area contributed by atoms with Gasteiger partial charge in [-0.2, -0.15) is 5.26 Å². The van der Waals surface area contributed by atoms with E-state index in [0.717, 1.165) is 36.3 Å². The van der Waals surface area contributed by atoms with Crippen LogP contribution in [0, 0.1) is 11.3 Å². The van der Waals surface area contributed by atoms with Gasteiger partial charge in [-0.1, -0.05) is 18.9 Å². The number of nitriles is 1. The van der Waals surface area contributed by atoms with Gasteiger partial charge in [-0.25, -0.2) is 0 Å². The van der Waals surface area contributed by atoms with E-state index in [9.17, 15) is 10.4 Å². The molecule has 4 heteroatoms. The minimum atomic E-state index is -0.234. The molecule has 3 nitrogen and oxygen atoms in total. The van der Waals surface area contributed by atoms with E-state index in [1.54, 1.807) is 11.8 Å². The van der Waals surface area contributed by atoms with E-state index in [4.69, 9.17) is 0 Å². The predicted molar refractivity (Wildman–Crippen MR) is 74.8 cm³/mol. The molecule has 18 heavy (non-hydrogen) atoms. The molecule has 0 amide bonds. The minimum absolute atomic E-state index is 0.126. The second-order valence-corrected chi connectivity index (χ2v) is 5.61. The van der Waals surface area contributed by atoms with Crippen LogP contribution in [0.5, 0.6) is 0 Å². The molecule has 0 spiro atoms. The molecule has 1 aromatic carbocycles.